The number of nitriles is 1. The molecular weight excluding hydrogens is 302 g/mol. The van der Waals surface area contributed by atoms with Crippen LogP contribution in [0.15, 0.2) is 18.2 Å². The summed E-state index contributed by atoms with van der Waals surface area (Å²) in [5, 5.41) is 11.9. The highest BCUT2D eigenvalue weighted by Crippen LogP contribution is 2.23. The van der Waals surface area contributed by atoms with Gasteiger partial charge in [-0.2, -0.15) is 5.26 Å². The van der Waals surface area contributed by atoms with Gasteiger partial charge in [0.2, 0.25) is 11.8 Å². The molecule has 116 valence electrons. The van der Waals surface area contributed by atoms with Crippen LogP contribution >= 0.6 is 11.6 Å². The molecule has 0 bridgehead atoms. The molecule has 0 radical (unpaired) electrons. The fraction of sp³-hybridized carbons (Fsp3) is 0.438. The number of unbranched alkanes of at least 4 members (excludes halogenated alkanes) is 1. The Hall–Kier alpha value is -2.06. The van der Waals surface area contributed by atoms with Crippen LogP contribution in [-0.4, -0.2) is 29.8 Å². The first-order valence-corrected chi connectivity index (χ1v) is 7.71. The number of amides is 2. The SMILES string of the molecule is CCCCN1C[C@H](C(=O)Nc2ccc(C#N)c(Cl)c2)CC1=O. The first kappa shape index (κ1) is 16.3. The van der Waals surface area contributed by atoms with Crippen molar-refractivity contribution in [1.29, 1.82) is 5.26 Å². The van der Waals surface area contributed by atoms with E-state index in [1.807, 2.05) is 6.07 Å². The minimum atomic E-state index is -0.334. The van der Waals surface area contributed by atoms with Crippen LogP contribution in [0.25, 0.3) is 0 Å². The topological polar surface area (TPSA) is 73.2 Å². The van der Waals surface area contributed by atoms with Gasteiger partial charge in [0.05, 0.1) is 16.5 Å². The highest BCUT2D eigenvalue weighted by Gasteiger charge is 2.33. The Labute approximate surface area is 134 Å². The average molecular weight is 320 g/mol. The van der Waals surface area contributed by atoms with Crippen molar-refractivity contribution in [3.05, 3.63) is 28.8 Å². The van der Waals surface area contributed by atoms with E-state index < -0.39 is 0 Å². The second-order valence-corrected chi connectivity index (χ2v) is 5.80. The van der Waals surface area contributed by atoms with Crippen LogP contribution in [0.2, 0.25) is 5.02 Å². The number of hydrogen-bond donors (Lipinski definition) is 1. The van der Waals surface area contributed by atoms with Crippen LogP contribution < -0.4 is 5.32 Å². The highest BCUT2D eigenvalue weighted by molar-refractivity contribution is 6.32. The zero-order chi connectivity index (χ0) is 16.1. The Morgan fingerprint density at radius 2 is 2.32 bits per heavy atom. The maximum Gasteiger partial charge on any atom is 0.229 e. The lowest BCUT2D eigenvalue weighted by Crippen LogP contribution is -2.29. The number of hydrogen-bond acceptors (Lipinski definition) is 3. The van der Waals surface area contributed by atoms with Crippen molar-refractivity contribution in [2.45, 2.75) is 26.2 Å². The second kappa shape index (κ2) is 7.28. The van der Waals surface area contributed by atoms with Crippen molar-refractivity contribution >= 4 is 29.1 Å². The Kier molecular flexibility index (Phi) is 5.40. The van der Waals surface area contributed by atoms with Gasteiger partial charge in [-0.1, -0.05) is 24.9 Å². The van der Waals surface area contributed by atoms with Crippen molar-refractivity contribution < 1.29 is 9.59 Å². The molecule has 1 aliphatic rings. The fourth-order valence-corrected chi connectivity index (χ4v) is 2.66. The average Bonchev–Trinajstić information content (AvgIpc) is 2.86. The van der Waals surface area contributed by atoms with Gasteiger partial charge in [0.25, 0.3) is 0 Å². The van der Waals surface area contributed by atoms with Gasteiger partial charge < -0.3 is 10.2 Å². The lowest BCUT2D eigenvalue weighted by Gasteiger charge is -2.16. The molecule has 6 heteroatoms. The molecule has 2 rings (SSSR count). The molecule has 0 unspecified atom stereocenters. The molecule has 2 amide bonds. The summed E-state index contributed by atoms with van der Waals surface area (Å²) in [5.74, 6) is -0.488. The third-order valence-corrected chi connectivity index (χ3v) is 4.04. The summed E-state index contributed by atoms with van der Waals surface area (Å²) >= 11 is 5.94. The third kappa shape index (κ3) is 3.77. The first-order chi connectivity index (χ1) is 10.5. The van der Waals surface area contributed by atoms with E-state index in [1.54, 1.807) is 23.1 Å². The molecule has 1 aliphatic heterocycles. The monoisotopic (exact) mass is 319 g/mol. The molecule has 1 saturated heterocycles. The van der Waals surface area contributed by atoms with Gasteiger partial charge >= 0.3 is 0 Å². The lowest BCUT2D eigenvalue weighted by molar-refractivity contribution is -0.128. The maximum atomic E-state index is 12.2. The molecular formula is C16H18ClN3O2. The van der Waals surface area contributed by atoms with Crippen molar-refractivity contribution in [3.63, 3.8) is 0 Å². The van der Waals surface area contributed by atoms with E-state index in [1.165, 1.54) is 0 Å². The van der Waals surface area contributed by atoms with Crippen molar-refractivity contribution in [3.8, 4) is 6.07 Å². The molecule has 1 atom stereocenters. The van der Waals surface area contributed by atoms with Gasteiger partial charge in [-0.05, 0) is 24.6 Å². The second-order valence-electron chi connectivity index (χ2n) is 5.39. The Morgan fingerprint density at radius 1 is 1.55 bits per heavy atom. The smallest absolute Gasteiger partial charge is 0.229 e. The molecule has 0 saturated carbocycles. The summed E-state index contributed by atoms with van der Waals surface area (Å²) in [6.07, 6.45) is 2.22. The zero-order valence-electron chi connectivity index (χ0n) is 12.4. The van der Waals surface area contributed by atoms with Gasteiger partial charge in [-0.25, -0.2) is 0 Å². The van der Waals surface area contributed by atoms with Crippen LogP contribution in [0.1, 0.15) is 31.7 Å². The molecule has 1 N–H and O–H groups in total. The van der Waals surface area contributed by atoms with E-state index in [4.69, 9.17) is 16.9 Å². The van der Waals surface area contributed by atoms with Crippen molar-refractivity contribution in [2.75, 3.05) is 18.4 Å². The summed E-state index contributed by atoms with van der Waals surface area (Å²) in [5.41, 5.74) is 0.898. The van der Waals surface area contributed by atoms with Gasteiger partial charge in [0, 0.05) is 25.2 Å². The van der Waals surface area contributed by atoms with Gasteiger partial charge in [-0.3, -0.25) is 9.59 Å². The number of nitrogens with zero attached hydrogens (tertiary/aromatic N) is 2. The number of likely N-dealkylation sites (tertiary alicyclic amines) is 1. The quantitative estimate of drug-likeness (QED) is 0.907. The van der Waals surface area contributed by atoms with E-state index in [2.05, 4.69) is 12.2 Å². The number of carbonyl (C=O) groups is 2. The highest BCUT2D eigenvalue weighted by atomic mass is 35.5. The predicted octanol–water partition coefficient (Wildman–Crippen LogP) is 2.80. The maximum absolute atomic E-state index is 12.2. The normalized spacial score (nSPS) is 17.4. The van der Waals surface area contributed by atoms with Gasteiger partial charge in [0.15, 0.2) is 0 Å². The zero-order valence-corrected chi connectivity index (χ0v) is 13.2. The standard InChI is InChI=1S/C16H18ClN3O2/c1-2-3-6-20-10-12(7-15(20)21)16(22)19-13-5-4-11(9-18)14(17)8-13/h4-5,8,12H,2-3,6-7,10H2,1H3,(H,19,22)/t12-/m1/s1. The Bertz CT molecular complexity index is 624. The molecule has 1 heterocycles. The predicted molar refractivity (Wildman–Crippen MR) is 84.4 cm³/mol. The van der Waals surface area contributed by atoms with Gasteiger partial charge in [0.1, 0.15) is 6.07 Å². The van der Waals surface area contributed by atoms with E-state index in [9.17, 15) is 9.59 Å². The first-order valence-electron chi connectivity index (χ1n) is 7.33. The minimum Gasteiger partial charge on any atom is -0.342 e. The summed E-state index contributed by atoms with van der Waals surface area (Å²) < 4.78 is 0. The molecule has 5 nitrogen and oxygen atoms in total. The summed E-state index contributed by atoms with van der Waals surface area (Å²) in [4.78, 5) is 25.9. The number of benzene rings is 1. The number of anilines is 1. The number of carbonyl (C=O) groups excluding carboxylic acids is 2. The fourth-order valence-electron chi connectivity index (χ4n) is 2.44. The van der Waals surface area contributed by atoms with E-state index in [0.29, 0.717) is 29.4 Å². The number of nitrogens with one attached hydrogen (secondary N) is 1. The van der Waals surface area contributed by atoms with Crippen LogP contribution in [0, 0.1) is 17.2 Å². The summed E-state index contributed by atoms with van der Waals surface area (Å²) in [6.45, 7) is 3.25. The Morgan fingerprint density at radius 3 is 2.95 bits per heavy atom. The molecule has 0 aromatic heterocycles. The van der Waals surface area contributed by atoms with E-state index in [0.717, 1.165) is 12.8 Å². The minimum absolute atomic E-state index is 0.0338. The van der Waals surface area contributed by atoms with E-state index >= 15 is 0 Å². The largest absolute Gasteiger partial charge is 0.342 e. The molecule has 1 aromatic carbocycles. The number of halogens is 1. The van der Waals surface area contributed by atoms with Crippen LogP contribution in [0.5, 0.6) is 0 Å². The van der Waals surface area contributed by atoms with E-state index in [-0.39, 0.29) is 24.2 Å². The summed E-state index contributed by atoms with van der Waals surface area (Å²) in [7, 11) is 0. The lowest BCUT2D eigenvalue weighted by atomic mass is 10.1. The molecule has 1 fully saturated rings. The van der Waals surface area contributed by atoms with Crippen LogP contribution in [0.3, 0.4) is 0 Å². The van der Waals surface area contributed by atoms with Crippen LogP contribution in [-0.2, 0) is 9.59 Å². The van der Waals surface area contributed by atoms with Crippen molar-refractivity contribution in [1.82, 2.24) is 4.90 Å². The number of rotatable bonds is 5. The molecule has 22 heavy (non-hydrogen) atoms. The summed E-state index contributed by atoms with van der Waals surface area (Å²) in [6, 6.07) is 6.71. The molecule has 0 aliphatic carbocycles. The Balaban J connectivity index is 1.97. The van der Waals surface area contributed by atoms with Crippen molar-refractivity contribution in [2.24, 2.45) is 5.92 Å². The molecule has 0 spiro atoms. The molecule has 1 aromatic rings. The van der Waals surface area contributed by atoms with Gasteiger partial charge in [-0.15, -0.1) is 0 Å². The van der Waals surface area contributed by atoms with Crippen LogP contribution in [0.4, 0.5) is 5.69 Å². The third-order valence-electron chi connectivity index (χ3n) is 3.72.